The Morgan fingerprint density at radius 3 is 2.49 bits per heavy atom. The number of ketones is 1. The molecule has 1 N–H and O–H groups in total. The zero-order valence-corrected chi connectivity index (χ0v) is 20.1. The number of aromatic nitrogens is 2. The van der Waals surface area contributed by atoms with Gasteiger partial charge in [0.05, 0.1) is 30.6 Å². The number of benzene rings is 2. The Morgan fingerprint density at radius 2 is 1.78 bits per heavy atom. The maximum Gasteiger partial charge on any atom is 0.337 e. The van der Waals surface area contributed by atoms with Crippen molar-refractivity contribution in [2.75, 3.05) is 26.9 Å². The van der Waals surface area contributed by atoms with Gasteiger partial charge in [-0.3, -0.25) is 9.59 Å². The Bertz CT molecular complexity index is 1360. The van der Waals surface area contributed by atoms with Crippen LogP contribution < -0.4 is 9.47 Å². The molecular weight excluding hydrogens is 478 g/mol. The first-order valence-corrected chi connectivity index (χ1v) is 11.8. The van der Waals surface area contributed by atoms with E-state index < -0.39 is 23.7 Å². The molecule has 3 aromatic rings. The van der Waals surface area contributed by atoms with Gasteiger partial charge in [0.2, 0.25) is 0 Å². The van der Waals surface area contributed by atoms with Crippen molar-refractivity contribution < 1.29 is 33.7 Å². The van der Waals surface area contributed by atoms with Gasteiger partial charge in [0, 0.05) is 31.0 Å². The number of Topliss-reactive ketones (excluding diaryl/α,β-unsaturated/α-hetero) is 1. The van der Waals surface area contributed by atoms with Gasteiger partial charge in [0.1, 0.15) is 19.0 Å². The summed E-state index contributed by atoms with van der Waals surface area (Å²) in [6.45, 7) is 1.65. The number of fused-ring (bicyclic) bond motifs is 1. The molecule has 10 nitrogen and oxygen atoms in total. The van der Waals surface area contributed by atoms with Crippen LogP contribution in [0.3, 0.4) is 0 Å². The summed E-state index contributed by atoms with van der Waals surface area (Å²) >= 11 is 0. The van der Waals surface area contributed by atoms with Gasteiger partial charge in [0.25, 0.3) is 11.7 Å². The van der Waals surface area contributed by atoms with Gasteiger partial charge in [-0.1, -0.05) is 12.1 Å². The van der Waals surface area contributed by atoms with Crippen LogP contribution in [0.1, 0.15) is 33.9 Å². The van der Waals surface area contributed by atoms with Crippen molar-refractivity contribution in [3.63, 3.8) is 0 Å². The molecule has 0 aliphatic carbocycles. The zero-order chi connectivity index (χ0) is 25.9. The maximum atomic E-state index is 13.3. The van der Waals surface area contributed by atoms with Crippen LogP contribution in [0.25, 0.3) is 5.76 Å². The molecule has 10 heteroatoms. The second-order valence-electron chi connectivity index (χ2n) is 8.62. The number of ether oxygens (including phenoxy) is 3. The first kappa shape index (κ1) is 24.1. The van der Waals surface area contributed by atoms with Crippen molar-refractivity contribution in [2.45, 2.75) is 19.0 Å². The highest BCUT2D eigenvalue weighted by Gasteiger charge is 2.45. The highest BCUT2D eigenvalue weighted by Crippen LogP contribution is 2.41. The number of aliphatic hydroxyl groups excluding tert-OH is 1. The number of hydrogen-bond donors (Lipinski definition) is 1. The van der Waals surface area contributed by atoms with Gasteiger partial charge in [-0.25, -0.2) is 9.78 Å². The fraction of sp³-hybridized carbons (Fsp3) is 0.259. The van der Waals surface area contributed by atoms with E-state index >= 15 is 0 Å². The molecule has 2 aliphatic heterocycles. The Balaban J connectivity index is 1.53. The minimum atomic E-state index is -0.845. The number of carbonyl (C=O) groups is 3. The molecule has 1 atom stereocenters. The molecule has 0 saturated carbocycles. The summed E-state index contributed by atoms with van der Waals surface area (Å²) in [6.07, 6.45) is 5.73. The topological polar surface area (TPSA) is 120 Å². The minimum Gasteiger partial charge on any atom is -0.507 e. The van der Waals surface area contributed by atoms with Gasteiger partial charge in [0.15, 0.2) is 11.5 Å². The molecule has 0 radical (unpaired) electrons. The van der Waals surface area contributed by atoms with Crippen molar-refractivity contribution in [3.8, 4) is 11.5 Å². The van der Waals surface area contributed by atoms with Crippen molar-refractivity contribution >= 4 is 23.4 Å². The molecule has 2 aliphatic rings. The third-order valence-electron chi connectivity index (χ3n) is 6.38. The van der Waals surface area contributed by atoms with E-state index in [0.29, 0.717) is 54.4 Å². The summed E-state index contributed by atoms with van der Waals surface area (Å²) in [6, 6.07) is 10.5. The summed E-state index contributed by atoms with van der Waals surface area (Å²) in [5.41, 5.74) is 1.20. The molecule has 2 aromatic carbocycles. The zero-order valence-electron chi connectivity index (χ0n) is 20.1. The number of esters is 1. The summed E-state index contributed by atoms with van der Waals surface area (Å²) in [5, 5.41) is 11.3. The third kappa shape index (κ3) is 4.65. The molecule has 1 saturated heterocycles. The normalized spacial score (nSPS) is 18.2. The van der Waals surface area contributed by atoms with Crippen molar-refractivity contribution in [1.29, 1.82) is 0 Å². The molecule has 0 spiro atoms. The molecule has 190 valence electrons. The Morgan fingerprint density at radius 1 is 1.05 bits per heavy atom. The molecule has 1 amide bonds. The monoisotopic (exact) mass is 503 g/mol. The highest BCUT2D eigenvalue weighted by atomic mass is 16.6. The summed E-state index contributed by atoms with van der Waals surface area (Å²) < 4.78 is 17.8. The maximum absolute atomic E-state index is 13.3. The van der Waals surface area contributed by atoms with Crippen molar-refractivity contribution in [3.05, 3.63) is 83.4 Å². The predicted octanol–water partition coefficient (Wildman–Crippen LogP) is 2.95. The quantitative estimate of drug-likeness (QED) is 0.226. The summed E-state index contributed by atoms with van der Waals surface area (Å²) in [7, 11) is 1.29. The molecule has 37 heavy (non-hydrogen) atoms. The number of methoxy groups -OCH3 is 1. The number of amides is 1. The second-order valence-corrected chi connectivity index (χ2v) is 8.62. The average molecular weight is 504 g/mol. The van der Waals surface area contributed by atoms with E-state index in [-0.39, 0.29) is 17.9 Å². The molecule has 1 fully saturated rings. The van der Waals surface area contributed by atoms with E-state index in [9.17, 15) is 19.5 Å². The molecule has 1 unspecified atom stereocenters. The Kier molecular flexibility index (Phi) is 6.63. The second kappa shape index (κ2) is 10.2. The van der Waals surface area contributed by atoms with Crippen LogP contribution in [0.4, 0.5) is 0 Å². The number of aliphatic hydroxyl groups is 1. The van der Waals surface area contributed by atoms with Crippen LogP contribution >= 0.6 is 0 Å². The molecular formula is C27H25N3O7. The lowest BCUT2D eigenvalue weighted by Gasteiger charge is -2.25. The number of carbonyl (C=O) groups excluding carboxylic acids is 3. The molecule has 5 rings (SSSR count). The van der Waals surface area contributed by atoms with E-state index in [2.05, 4.69) is 4.98 Å². The Hall–Kier alpha value is -4.60. The van der Waals surface area contributed by atoms with Crippen LogP contribution in [-0.4, -0.2) is 64.1 Å². The molecule has 1 aromatic heterocycles. The summed E-state index contributed by atoms with van der Waals surface area (Å²) in [5.74, 6) is -1.31. The third-order valence-corrected chi connectivity index (χ3v) is 6.38. The van der Waals surface area contributed by atoms with Gasteiger partial charge >= 0.3 is 5.97 Å². The smallest absolute Gasteiger partial charge is 0.337 e. The number of rotatable bonds is 7. The van der Waals surface area contributed by atoms with Crippen LogP contribution in [-0.2, 0) is 20.9 Å². The first-order chi connectivity index (χ1) is 18.0. The number of hydrogen-bond acceptors (Lipinski definition) is 8. The van der Waals surface area contributed by atoms with Crippen molar-refractivity contribution in [1.82, 2.24) is 14.5 Å². The average Bonchev–Trinajstić information content (AvgIpc) is 3.54. The first-order valence-electron chi connectivity index (χ1n) is 11.8. The number of imidazole rings is 1. The standard InChI is InChI=1S/C27H25N3O7/c1-35-27(34)18-5-3-17(4-6-18)23-22(24(31)19-7-8-20-21(15-19)37-14-13-36-20)25(32)26(33)30(23)11-2-10-29-12-9-28-16-29/h3-9,12,15-16,23,31H,2,10-11,13-14H2,1H3/b24-22-. The van der Waals surface area contributed by atoms with Gasteiger partial charge < -0.3 is 28.8 Å². The van der Waals surface area contributed by atoms with Crippen molar-refractivity contribution in [2.24, 2.45) is 0 Å². The lowest BCUT2D eigenvalue weighted by Crippen LogP contribution is -2.31. The van der Waals surface area contributed by atoms with E-state index in [1.165, 1.54) is 12.0 Å². The number of nitrogens with zero attached hydrogens (tertiary/aromatic N) is 3. The number of aryl methyl sites for hydroxylation is 1. The van der Waals surface area contributed by atoms with E-state index in [1.54, 1.807) is 55.0 Å². The van der Waals surface area contributed by atoms with E-state index in [1.807, 2.05) is 10.8 Å². The van der Waals surface area contributed by atoms with Crippen LogP contribution in [0, 0.1) is 0 Å². The van der Waals surface area contributed by atoms with Crippen LogP contribution in [0.2, 0.25) is 0 Å². The van der Waals surface area contributed by atoms with E-state index in [0.717, 1.165) is 0 Å². The lowest BCUT2D eigenvalue weighted by molar-refractivity contribution is -0.139. The highest BCUT2D eigenvalue weighted by molar-refractivity contribution is 6.46. The van der Waals surface area contributed by atoms with Gasteiger partial charge in [-0.05, 0) is 42.3 Å². The predicted molar refractivity (Wildman–Crippen MR) is 131 cm³/mol. The van der Waals surface area contributed by atoms with Gasteiger partial charge in [-0.2, -0.15) is 0 Å². The molecule has 3 heterocycles. The Labute approximate surface area is 212 Å². The largest absolute Gasteiger partial charge is 0.507 e. The van der Waals surface area contributed by atoms with Crippen LogP contribution in [0.15, 0.2) is 66.8 Å². The fourth-order valence-corrected chi connectivity index (χ4v) is 4.57. The lowest BCUT2D eigenvalue weighted by atomic mass is 9.94. The molecule has 0 bridgehead atoms. The fourth-order valence-electron chi connectivity index (χ4n) is 4.57. The van der Waals surface area contributed by atoms with Gasteiger partial charge in [-0.15, -0.1) is 0 Å². The van der Waals surface area contributed by atoms with E-state index in [4.69, 9.17) is 14.2 Å². The summed E-state index contributed by atoms with van der Waals surface area (Å²) in [4.78, 5) is 43.8. The minimum absolute atomic E-state index is 0.0323. The van der Waals surface area contributed by atoms with Crippen LogP contribution in [0.5, 0.6) is 11.5 Å². The number of likely N-dealkylation sites (tertiary alicyclic amines) is 1. The SMILES string of the molecule is COC(=O)c1ccc(C2/C(=C(/O)c3ccc4c(c3)OCCO4)C(=O)C(=O)N2CCCn2ccnc2)cc1.